The first-order chi connectivity index (χ1) is 13.1. The minimum absolute atomic E-state index is 0.0696. The Balaban J connectivity index is 1.89. The molecule has 0 bridgehead atoms. The summed E-state index contributed by atoms with van der Waals surface area (Å²) in [6, 6.07) is 5.56. The molecule has 0 aliphatic carbocycles. The van der Waals surface area contributed by atoms with E-state index in [4.69, 9.17) is 0 Å². The lowest BCUT2D eigenvalue weighted by Gasteiger charge is -2.26. The Kier molecular flexibility index (Phi) is 4.72. The first-order valence-corrected chi connectivity index (χ1v) is 9.96. The summed E-state index contributed by atoms with van der Waals surface area (Å²) in [5, 5.41) is 0. The van der Waals surface area contributed by atoms with E-state index in [1.807, 2.05) is 27.5 Å². The van der Waals surface area contributed by atoms with Crippen molar-refractivity contribution in [1.82, 2.24) is 19.3 Å². The van der Waals surface area contributed by atoms with Crippen LogP contribution in [0, 0.1) is 0 Å². The Bertz CT molecular complexity index is 1040. The van der Waals surface area contributed by atoms with E-state index >= 15 is 0 Å². The lowest BCUT2D eigenvalue weighted by molar-refractivity contribution is 0.0724. The number of hydrogen-bond acceptors (Lipinski definition) is 3. The Morgan fingerprint density at radius 3 is 2.59 bits per heavy atom. The summed E-state index contributed by atoms with van der Waals surface area (Å²) in [4.78, 5) is 34.8. The van der Waals surface area contributed by atoms with Gasteiger partial charge in [0.05, 0.1) is 17.2 Å². The second-order valence-electron chi connectivity index (χ2n) is 7.39. The number of imidazole rings is 1. The van der Waals surface area contributed by atoms with Crippen LogP contribution in [0.25, 0.3) is 16.6 Å². The molecule has 0 radical (unpaired) electrons. The first-order valence-electron chi connectivity index (χ1n) is 9.96. The predicted molar refractivity (Wildman–Crippen MR) is 106 cm³/mol. The van der Waals surface area contributed by atoms with Gasteiger partial charge in [0.2, 0.25) is 0 Å². The standard InChI is InChI=1S/C21H26N4O2/c1-3-14(4-2)19-22-13-18-20(26)23-16-9-8-15(12-17(16)25(18)19)21(27)24-10-6-5-7-11-24/h8-9,12-14H,3-7,10-11H2,1-2H3,(H,23,26). The van der Waals surface area contributed by atoms with E-state index in [0.29, 0.717) is 11.1 Å². The van der Waals surface area contributed by atoms with E-state index in [0.717, 1.165) is 55.6 Å². The number of piperidine rings is 1. The van der Waals surface area contributed by atoms with E-state index in [-0.39, 0.29) is 17.4 Å². The van der Waals surface area contributed by atoms with Crippen LogP contribution in [0.5, 0.6) is 0 Å². The van der Waals surface area contributed by atoms with Crippen LogP contribution < -0.4 is 5.56 Å². The second-order valence-corrected chi connectivity index (χ2v) is 7.39. The van der Waals surface area contributed by atoms with E-state index in [1.54, 1.807) is 6.20 Å². The number of H-pyrrole nitrogens is 1. The molecule has 0 spiro atoms. The number of aromatic nitrogens is 3. The molecule has 0 atom stereocenters. The Morgan fingerprint density at radius 1 is 1.15 bits per heavy atom. The minimum Gasteiger partial charge on any atom is -0.339 e. The molecule has 1 aliphatic rings. The SMILES string of the molecule is CCC(CC)c1ncc2c(=O)[nH]c3ccc(C(=O)N4CCCCC4)cc3n12. The monoisotopic (exact) mass is 366 g/mol. The number of nitrogens with zero attached hydrogens (tertiary/aromatic N) is 3. The number of rotatable bonds is 4. The van der Waals surface area contributed by atoms with Gasteiger partial charge < -0.3 is 9.88 Å². The van der Waals surface area contributed by atoms with E-state index in [2.05, 4.69) is 23.8 Å². The summed E-state index contributed by atoms with van der Waals surface area (Å²) < 4.78 is 1.94. The number of benzene rings is 1. The van der Waals surface area contributed by atoms with Gasteiger partial charge in [0, 0.05) is 24.6 Å². The van der Waals surface area contributed by atoms with Crippen LogP contribution in [-0.4, -0.2) is 38.3 Å². The maximum atomic E-state index is 12.9. The summed E-state index contributed by atoms with van der Waals surface area (Å²) in [5.41, 5.74) is 2.62. The molecule has 0 saturated carbocycles. The third-order valence-electron chi connectivity index (χ3n) is 5.75. The van der Waals surface area contributed by atoms with Crippen LogP contribution in [0.2, 0.25) is 0 Å². The van der Waals surface area contributed by atoms with Crippen molar-refractivity contribution in [1.29, 1.82) is 0 Å². The topological polar surface area (TPSA) is 70.5 Å². The van der Waals surface area contributed by atoms with Gasteiger partial charge in [-0.05, 0) is 50.3 Å². The van der Waals surface area contributed by atoms with Crippen molar-refractivity contribution in [3.63, 3.8) is 0 Å². The summed E-state index contributed by atoms with van der Waals surface area (Å²) in [6.07, 6.45) is 6.88. The predicted octanol–water partition coefficient (Wildman–Crippen LogP) is 3.71. The van der Waals surface area contributed by atoms with E-state index in [9.17, 15) is 9.59 Å². The van der Waals surface area contributed by atoms with Crippen molar-refractivity contribution in [3.8, 4) is 0 Å². The zero-order valence-electron chi connectivity index (χ0n) is 16.0. The number of likely N-dealkylation sites (tertiary alicyclic amines) is 1. The van der Waals surface area contributed by atoms with Gasteiger partial charge in [0.15, 0.2) is 0 Å². The molecule has 142 valence electrons. The molecular formula is C21H26N4O2. The van der Waals surface area contributed by atoms with Gasteiger partial charge in [-0.25, -0.2) is 4.98 Å². The Morgan fingerprint density at radius 2 is 1.89 bits per heavy atom. The molecule has 3 aromatic rings. The molecule has 2 aromatic heterocycles. The van der Waals surface area contributed by atoms with Gasteiger partial charge >= 0.3 is 0 Å². The maximum Gasteiger partial charge on any atom is 0.274 e. The van der Waals surface area contributed by atoms with Crippen molar-refractivity contribution in [2.45, 2.75) is 51.9 Å². The molecule has 6 heteroatoms. The number of carbonyl (C=O) groups excluding carboxylic acids is 1. The number of fused-ring (bicyclic) bond motifs is 3. The fourth-order valence-electron chi connectivity index (χ4n) is 4.14. The number of amides is 1. The third-order valence-corrected chi connectivity index (χ3v) is 5.75. The first kappa shape index (κ1) is 17.8. The molecule has 1 fully saturated rings. The lowest BCUT2D eigenvalue weighted by Crippen LogP contribution is -2.35. The molecule has 3 heterocycles. The molecule has 1 aliphatic heterocycles. The lowest BCUT2D eigenvalue weighted by atomic mass is 10.0. The van der Waals surface area contributed by atoms with Crippen LogP contribution in [0.15, 0.2) is 29.2 Å². The molecule has 1 saturated heterocycles. The van der Waals surface area contributed by atoms with Crippen LogP contribution in [0.1, 0.15) is 68.1 Å². The molecule has 4 rings (SSSR count). The highest BCUT2D eigenvalue weighted by molar-refractivity contribution is 5.97. The van der Waals surface area contributed by atoms with Crippen LogP contribution in [0.4, 0.5) is 0 Å². The average Bonchev–Trinajstić information content (AvgIpc) is 3.15. The fraction of sp³-hybridized carbons (Fsp3) is 0.476. The zero-order chi connectivity index (χ0) is 19.0. The molecule has 1 amide bonds. The van der Waals surface area contributed by atoms with Crippen LogP contribution in [0.3, 0.4) is 0 Å². The third kappa shape index (κ3) is 3.03. The van der Waals surface area contributed by atoms with Gasteiger partial charge in [-0.1, -0.05) is 13.8 Å². The van der Waals surface area contributed by atoms with E-state index < -0.39 is 0 Å². The van der Waals surface area contributed by atoms with Gasteiger partial charge in [0.1, 0.15) is 11.3 Å². The quantitative estimate of drug-likeness (QED) is 0.765. The molecule has 0 unspecified atom stereocenters. The van der Waals surface area contributed by atoms with Crippen molar-refractivity contribution < 1.29 is 4.79 Å². The van der Waals surface area contributed by atoms with Crippen molar-refractivity contribution >= 4 is 22.5 Å². The number of carbonyl (C=O) groups is 1. The highest BCUT2D eigenvalue weighted by Gasteiger charge is 2.21. The smallest absolute Gasteiger partial charge is 0.274 e. The van der Waals surface area contributed by atoms with Gasteiger partial charge in [-0.15, -0.1) is 0 Å². The summed E-state index contributed by atoms with van der Waals surface area (Å²) in [6.45, 7) is 5.91. The minimum atomic E-state index is -0.151. The Hall–Kier alpha value is -2.63. The molecule has 1 N–H and O–H groups in total. The molecule has 27 heavy (non-hydrogen) atoms. The summed E-state index contributed by atoms with van der Waals surface area (Å²) in [5.74, 6) is 1.24. The van der Waals surface area contributed by atoms with Crippen molar-refractivity contribution in [2.75, 3.05) is 13.1 Å². The number of hydrogen-bond donors (Lipinski definition) is 1. The largest absolute Gasteiger partial charge is 0.339 e. The summed E-state index contributed by atoms with van der Waals surface area (Å²) >= 11 is 0. The summed E-state index contributed by atoms with van der Waals surface area (Å²) in [7, 11) is 0. The molecule has 1 aromatic carbocycles. The fourth-order valence-corrected chi connectivity index (χ4v) is 4.14. The van der Waals surface area contributed by atoms with Gasteiger partial charge in [0.25, 0.3) is 11.5 Å². The normalized spacial score (nSPS) is 15.1. The number of aromatic amines is 1. The average molecular weight is 366 g/mol. The molecule has 6 nitrogen and oxygen atoms in total. The maximum absolute atomic E-state index is 12.9. The molecular weight excluding hydrogens is 340 g/mol. The second kappa shape index (κ2) is 7.18. The Labute approximate surface area is 158 Å². The van der Waals surface area contributed by atoms with Crippen molar-refractivity contribution in [2.24, 2.45) is 0 Å². The van der Waals surface area contributed by atoms with E-state index in [1.165, 1.54) is 6.42 Å². The van der Waals surface area contributed by atoms with Gasteiger partial charge in [-0.2, -0.15) is 0 Å². The van der Waals surface area contributed by atoms with Gasteiger partial charge in [-0.3, -0.25) is 14.0 Å². The van der Waals surface area contributed by atoms with Crippen molar-refractivity contribution in [3.05, 3.63) is 46.1 Å². The number of nitrogens with one attached hydrogen (secondary N) is 1. The highest BCUT2D eigenvalue weighted by Crippen LogP contribution is 2.25. The zero-order valence-corrected chi connectivity index (χ0v) is 16.0. The van der Waals surface area contributed by atoms with Crippen LogP contribution >= 0.6 is 0 Å². The highest BCUT2D eigenvalue weighted by atomic mass is 16.2. The van der Waals surface area contributed by atoms with Crippen LogP contribution in [-0.2, 0) is 0 Å².